The van der Waals surface area contributed by atoms with Crippen LogP contribution in [0.2, 0.25) is 0 Å². The lowest BCUT2D eigenvalue weighted by Crippen LogP contribution is -2.25. The van der Waals surface area contributed by atoms with Gasteiger partial charge in [-0.1, -0.05) is 6.07 Å². The fourth-order valence-electron chi connectivity index (χ4n) is 1.68. The normalized spacial score (nSPS) is 10.2. The molecular weight excluding hydrogens is 262 g/mol. The number of carbonyl (C=O) groups excluding carboxylic acids is 1. The number of hydrogen-bond acceptors (Lipinski definition) is 4. The second kappa shape index (κ2) is 6.24. The molecule has 0 saturated carbocycles. The lowest BCUT2D eigenvalue weighted by atomic mass is 10.1. The molecular formula is C14H15NO3S. The van der Waals surface area contributed by atoms with E-state index >= 15 is 0 Å². The van der Waals surface area contributed by atoms with Crippen molar-refractivity contribution in [2.75, 3.05) is 13.7 Å². The highest BCUT2D eigenvalue weighted by molar-refractivity contribution is 7.09. The molecule has 19 heavy (non-hydrogen) atoms. The molecule has 0 atom stereocenters. The summed E-state index contributed by atoms with van der Waals surface area (Å²) in [5.41, 5.74) is 0.256. The maximum atomic E-state index is 11.9. The number of ether oxygens (including phenoxy) is 1. The van der Waals surface area contributed by atoms with Gasteiger partial charge in [-0.15, -0.1) is 11.3 Å². The SMILES string of the molecule is COc1ccc(C(=O)NCCc2cccs2)c(O)c1. The molecule has 2 aromatic rings. The summed E-state index contributed by atoms with van der Waals surface area (Å²) in [6, 6.07) is 8.63. The van der Waals surface area contributed by atoms with Crippen LogP contribution in [0.1, 0.15) is 15.2 Å². The molecule has 2 N–H and O–H groups in total. The number of methoxy groups -OCH3 is 1. The summed E-state index contributed by atoms with van der Waals surface area (Å²) in [6.45, 7) is 0.546. The number of phenols is 1. The first-order valence-corrected chi connectivity index (χ1v) is 6.76. The fraction of sp³-hybridized carbons (Fsp3) is 0.214. The number of hydrogen-bond donors (Lipinski definition) is 2. The van der Waals surface area contributed by atoms with Gasteiger partial charge in [0.05, 0.1) is 12.7 Å². The minimum absolute atomic E-state index is 0.0760. The summed E-state index contributed by atoms with van der Waals surface area (Å²) in [4.78, 5) is 13.1. The molecule has 0 saturated heterocycles. The number of phenolic OH excluding ortho intramolecular Hbond substituents is 1. The van der Waals surface area contributed by atoms with Crippen molar-refractivity contribution in [1.29, 1.82) is 0 Å². The van der Waals surface area contributed by atoms with E-state index in [9.17, 15) is 9.90 Å². The number of rotatable bonds is 5. The second-order valence-corrected chi connectivity index (χ2v) is 5.00. The predicted octanol–water partition coefficient (Wildman–Crippen LogP) is 2.43. The van der Waals surface area contributed by atoms with Crippen molar-refractivity contribution in [3.05, 3.63) is 46.2 Å². The van der Waals surface area contributed by atoms with Crippen molar-refractivity contribution >= 4 is 17.2 Å². The molecule has 2 rings (SSSR count). The third kappa shape index (κ3) is 3.48. The van der Waals surface area contributed by atoms with Crippen molar-refractivity contribution in [2.45, 2.75) is 6.42 Å². The summed E-state index contributed by atoms with van der Waals surface area (Å²) in [7, 11) is 1.51. The molecule has 0 unspecified atom stereocenters. The zero-order valence-corrected chi connectivity index (χ0v) is 11.4. The van der Waals surface area contributed by atoms with Gasteiger partial charge >= 0.3 is 0 Å². The molecule has 1 aromatic heterocycles. The van der Waals surface area contributed by atoms with Gasteiger partial charge < -0.3 is 15.2 Å². The van der Waals surface area contributed by atoms with Crippen molar-refractivity contribution in [1.82, 2.24) is 5.32 Å². The third-order valence-electron chi connectivity index (χ3n) is 2.69. The number of carbonyl (C=O) groups is 1. The van der Waals surface area contributed by atoms with Gasteiger partial charge in [0.2, 0.25) is 0 Å². The molecule has 0 aliphatic heterocycles. The largest absolute Gasteiger partial charge is 0.507 e. The third-order valence-corrected chi connectivity index (χ3v) is 3.62. The molecule has 5 heteroatoms. The van der Waals surface area contributed by atoms with Gasteiger partial charge in [-0.25, -0.2) is 0 Å². The first kappa shape index (κ1) is 13.4. The van der Waals surface area contributed by atoms with Crippen LogP contribution in [-0.4, -0.2) is 24.7 Å². The molecule has 1 heterocycles. The van der Waals surface area contributed by atoms with E-state index < -0.39 is 0 Å². The highest BCUT2D eigenvalue weighted by Gasteiger charge is 2.11. The standard InChI is InChI=1S/C14H15NO3S/c1-18-10-4-5-12(13(16)9-10)14(17)15-7-6-11-3-2-8-19-11/h2-5,8-9,16H,6-7H2,1H3,(H,15,17). The molecule has 4 nitrogen and oxygen atoms in total. The Kier molecular flexibility index (Phi) is 4.41. The van der Waals surface area contributed by atoms with Crippen LogP contribution in [-0.2, 0) is 6.42 Å². The zero-order chi connectivity index (χ0) is 13.7. The summed E-state index contributed by atoms with van der Waals surface area (Å²) in [5, 5.41) is 14.5. The smallest absolute Gasteiger partial charge is 0.255 e. The van der Waals surface area contributed by atoms with Gasteiger partial charge in [-0.05, 0) is 30.0 Å². The predicted molar refractivity (Wildman–Crippen MR) is 75.0 cm³/mol. The van der Waals surface area contributed by atoms with Crippen molar-refractivity contribution in [3.63, 3.8) is 0 Å². The fourth-order valence-corrected chi connectivity index (χ4v) is 2.39. The Morgan fingerprint density at radius 1 is 1.42 bits per heavy atom. The van der Waals surface area contributed by atoms with Crippen LogP contribution >= 0.6 is 11.3 Å². The zero-order valence-electron chi connectivity index (χ0n) is 10.6. The second-order valence-electron chi connectivity index (χ2n) is 3.97. The Morgan fingerprint density at radius 3 is 2.89 bits per heavy atom. The molecule has 0 aliphatic carbocycles. The van der Waals surface area contributed by atoms with Crippen LogP contribution in [0.5, 0.6) is 11.5 Å². The van der Waals surface area contributed by atoms with Gasteiger partial charge in [0.1, 0.15) is 11.5 Å². The molecule has 0 spiro atoms. The summed E-state index contributed by atoms with van der Waals surface area (Å²) >= 11 is 1.66. The minimum Gasteiger partial charge on any atom is -0.507 e. The van der Waals surface area contributed by atoms with Gasteiger partial charge in [0.25, 0.3) is 5.91 Å². The first-order chi connectivity index (χ1) is 9.20. The van der Waals surface area contributed by atoms with Crippen LogP contribution in [0.4, 0.5) is 0 Å². The van der Waals surface area contributed by atoms with E-state index in [-0.39, 0.29) is 17.2 Å². The Bertz CT molecular complexity index is 552. The van der Waals surface area contributed by atoms with E-state index in [0.29, 0.717) is 12.3 Å². The van der Waals surface area contributed by atoms with Crippen LogP contribution < -0.4 is 10.1 Å². The molecule has 100 valence electrons. The topological polar surface area (TPSA) is 58.6 Å². The van der Waals surface area contributed by atoms with E-state index in [1.54, 1.807) is 23.5 Å². The highest BCUT2D eigenvalue weighted by Crippen LogP contribution is 2.23. The lowest BCUT2D eigenvalue weighted by molar-refractivity contribution is 0.0951. The van der Waals surface area contributed by atoms with Crippen molar-refractivity contribution in [2.24, 2.45) is 0 Å². The quantitative estimate of drug-likeness (QED) is 0.882. The van der Waals surface area contributed by atoms with E-state index in [4.69, 9.17) is 4.74 Å². The van der Waals surface area contributed by atoms with E-state index in [2.05, 4.69) is 5.32 Å². The summed E-state index contributed by atoms with van der Waals surface area (Å²) < 4.78 is 4.97. The van der Waals surface area contributed by atoms with Crippen LogP contribution in [0, 0.1) is 0 Å². The molecule has 1 amide bonds. The Labute approximate surface area is 115 Å². The van der Waals surface area contributed by atoms with Gasteiger partial charge in [-0.2, -0.15) is 0 Å². The number of amides is 1. The maximum Gasteiger partial charge on any atom is 0.255 e. The average molecular weight is 277 g/mol. The minimum atomic E-state index is -0.281. The Morgan fingerprint density at radius 2 is 2.26 bits per heavy atom. The molecule has 0 aliphatic rings. The molecule has 0 fully saturated rings. The highest BCUT2D eigenvalue weighted by atomic mass is 32.1. The summed E-state index contributed by atoms with van der Waals surface area (Å²) in [6.07, 6.45) is 0.792. The molecule has 0 bridgehead atoms. The lowest BCUT2D eigenvalue weighted by Gasteiger charge is -2.07. The monoisotopic (exact) mass is 277 g/mol. The van der Waals surface area contributed by atoms with E-state index in [1.165, 1.54) is 18.1 Å². The van der Waals surface area contributed by atoms with E-state index in [1.807, 2.05) is 17.5 Å². The Balaban J connectivity index is 1.92. The van der Waals surface area contributed by atoms with Crippen molar-refractivity contribution < 1.29 is 14.6 Å². The molecule has 0 radical (unpaired) electrons. The van der Waals surface area contributed by atoms with Crippen LogP contribution in [0.15, 0.2) is 35.7 Å². The van der Waals surface area contributed by atoms with Crippen molar-refractivity contribution in [3.8, 4) is 11.5 Å². The van der Waals surface area contributed by atoms with Gasteiger partial charge in [0.15, 0.2) is 0 Å². The first-order valence-electron chi connectivity index (χ1n) is 5.88. The van der Waals surface area contributed by atoms with E-state index in [0.717, 1.165) is 6.42 Å². The number of benzene rings is 1. The van der Waals surface area contributed by atoms with Gasteiger partial charge in [0, 0.05) is 17.5 Å². The molecule has 1 aromatic carbocycles. The average Bonchev–Trinajstić information content (AvgIpc) is 2.91. The summed E-state index contributed by atoms with van der Waals surface area (Å²) in [5.74, 6) is 0.164. The number of aromatic hydroxyl groups is 1. The maximum absolute atomic E-state index is 11.9. The van der Waals surface area contributed by atoms with Gasteiger partial charge in [-0.3, -0.25) is 4.79 Å². The Hall–Kier alpha value is -2.01. The van der Waals surface area contributed by atoms with Crippen LogP contribution in [0.3, 0.4) is 0 Å². The van der Waals surface area contributed by atoms with Crippen LogP contribution in [0.25, 0.3) is 0 Å². The number of thiophene rings is 1. The number of nitrogens with one attached hydrogen (secondary N) is 1.